The maximum Gasteiger partial charge on any atom is 0.200 e. The molecular formula is C7H18NO3P. The first-order valence-corrected chi connectivity index (χ1v) is 6.18. The summed E-state index contributed by atoms with van der Waals surface area (Å²) in [6.45, 7) is 1.79. The topological polar surface area (TPSA) is 83.6 Å². The first-order valence-electron chi connectivity index (χ1n) is 4.15. The lowest BCUT2D eigenvalue weighted by Crippen LogP contribution is -2.16. The molecule has 0 amide bonds. The molecule has 12 heavy (non-hydrogen) atoms. The number of aliphatic hydroxyl groups is 1. The van der Waals surface area contributed by atoms with E-state index >= 15 is 0 Å². The smallest absolute Gasteiger partial charge is 0.200 e. The van der Waals surface area contributed by atoms with E-state index in [0.29, 0.717) is 12.8 Å². The second-order valence-corrected chi connectivity index (χ2v) is 5.72. The van der Waals surface area contributed by atoms with Gasteiger partial charge in [-0.2, -0.15) is 0 Å². The summed E-state index contributed by atoms with van der Waals surface area (Å²) in [5.41, 5.74) is 5.45. The van der Waals surface area contributed by atoms with Gasteiger partial charge < -0.3 is 15.7 Å². The van der Waals surface area contributed by atoms with Gasteiger partial charge in [-0.1, -0.05) is 0 Å². The van der Waals surface area contributed by atoms with E-state index in [4.69, 9.17) is 10.8 Å². The van der Waals surface area contributed by atoms with Crippen molar-refractivity contribution in [2.75, 3.05) is 18.9 Å². The molecule has 0 aromatic rings. The predicted octanol–water partition coefficient (Wildman–Crippen LogP) is 0.377. The van der Waals surface area contributed by atoms with Crippen LogP contribution in [-0.4, -0.2) is 35.0 Å². The molecular weight excluding hydrogens is 177 g/mol. The van der Waals surface area contributed by atoms with E-state index in [-0.39, 0.29) is 25.0 Å². The van der Waals surface area contributed by atoms with Crippen molar-refractivity contribution in [1.29, 1.82) is 0 Å². The van der Waals surface area contributed by atoms with Crippen LogP contribution in [0.3, 0.4) is 0 Å². The highest BCUT2D eigenvalue weighted by atomic mass is 31.2. The molecule has 0 aliphatic heterocycles. The van der Waals surface area contributed by atoms with Gasteiger partial charge in [-0.05, 0) is 19.8 Å². The first-order chi connectivity index (χ1) is 5.48. The SMILES string of the molecule is CC(N)CCP(=O)(O)CCCO. The number of rotatable bonds is 6. The number of aliphatic hydroxyl groups excluding tert-OH is 1. The zero-order valence-electron chi connectivity index (χ0n) is 7.44. The Morgan fingerprint density at radius 2 is 2.08 bits per heavy atom. The fourth-order valence-corrected chi connectivity index (χ4v) is 2.50. The van der Waals surface area contributed by atoms with Crippen molar-refractivity contribution in [3.63, 3.8) is 0 Å². The highest BCUT2D eigenvalue weighted by Gasteiger charge is 2.17. The van der Waals surface area contributed by atoms with Gasteiger partial charge in [-0.15, -0.1) is 0 Å². The van der Waals surface area contributed by atoms with Gasteiger partial charge in [0.15, 0.2) is 0 Å². The van der Waals surface area contributed by atoms with Crippen LogP contribution < -0.4 is 5.73 Å². The van der Waals surface area contributed by atoms with Crippen molar-refractivity contribution in [2.45, 2.75) is 25.8 Å². The van der Waals surface area contributed by atoms with Gasteiger partial charge in [0.2, 0.25) is 7.37 Å². The third-order valence-corrected chi connectivity index (χ3v) is 3.57. The summed E-state index contributed by atoms with van der Waals surface area (Å²) in [6, 6.07) is -0.0281. The molecule has 0 aliphatic carbocycles. The van der Waals surface area contributed by atoms with Gasteiger partial charge in [0, 0.05) is 25.0 Å². The molecule has 0 radical (unpaired) electrons. The van der Waals surface area contributed by atoms with E-state index in [1.54, 1.807) is 0 Å². The summed E-state index contributed by atoms with van der Waals surface area (Å²) >= 11 is 0. The Morgan fingerprint density at radius 1 is 1.50 bits per heavy atom. The van der Waals surface area contributed by atoms with Crippen LogP contribution in [0.4, 0.5) is 0 Å². The van der Waals surface area contributed by atoms with Crippen LogP contribution in [0.25, 0.3) is 0 Å². The van der Waals surface area contributed by atoms with Crippen molar-refractivity contribution in [3.8, 4) is 0 Å². The van der Waals surface area contributed by atoms with Crippen LogP contribution in [0, 0.1) is 0 Å². The summed E-state index contributed by atoms with van der Waals surface area (Å²) < 4.78 is 11.3. The molecule has 74 valence electrons. The molecule has 0 aliphatic rings. The summed E-state index contributed by atoms with van der Waals surface area (Å²) in [5, 5.41) is 8.45. The van der Waals surface area contributed by atoms with Crippen LogP contribution in [0.15, 0.2) is 0 Å². The zero-order chi connectivity index (χ0) is 9.61. The Hall–Kier alpha value is 0.110. The van der Waals surface area contributed by atoms with Gasteiger partial charge in [0.05, 0.1) is 0 Å². The van der Waals surface area contributed by atoms with Gasteiger partial charge >= 0.3 is 0 Å². The molecule has 0 saturated carbocycles. The molecule has 0 heterocycles. The fourth-order valence-electron chi connectivity index (χ4n) is 0.835. The molecule has 0 rings (SSSR count). The lowest BCUT2D eigenvalue weighted by atomic mass is 10.3. The average Bonchev–Trinajstić information content (AvgIpc) is 1.98. The van der Waals surface area contributed by atoms with Crippen LogP contribution >= 0.6 is 7.37 Å². The van der Waals surface area contributed by atoms with E-state index in [9.17, 15) is 9.46 Å². The summed E-state index contributed by atoms with van der Waals surface area (Å²) in [4.78, 5) is 9.28. The van der Waals surface area contributed by atoms with Crippen LogP contribution in [-0.2, 0) is 4.57 Å². The third kappa shape index (κ3) is 6.80. The van der Waals surface area contributed by atoms with Crippen LogP contribution in [0.1, 0.15) is 19.8 Å². The molecule has 0 spiro atoms. The molecule has 0 aromatic carbocycles. The Bertz CT molecular complexity index is 161. The van der Waals surface area contributed by atoms with E-state index in [0.717, 1.165) is 0 Å². The largest absolute Gasteiger partial charge is 0.396 e. The monoisotopic (exact) mass is 195 g/mol. The highest BCUT2D eigenvalue weighted by Crippen LogP contribution is 2.41. The molecule has 0 bridgehead atoms. The summed E-state index contributed by atoms with van der Waals surface area (Å²) in [7, 11) is -3.00. The minimum atomic E-state index is -3.00. The second kappa shape index (κ2) is 5.70. The number of hydrogen-bond acceptors (Lipinski definition) is 3. The zero-order valence-corrected chi connectivity index (χ0v) is 8.33. The van der Waals surface area contributed by atoms with E-state index in [1.807, 2.05) is 6.92 Å². The van der Waals surface area contributed by atoms with E-state index in [2.05, 4.69) is 0 Å². The van der Waals surface area contributed by atoms with Gasteiger partial charge in [0.1, 0.15) is 0 Å². The van der Waals surface area contributed by atoms with Crippen molar-refractivity contribution in [3.05, 3.63) is 0 Å². The van der Waals surface area contributed by atoms with Crippen molar-refractivity contribution in [1.82, 2.24) is 0 Å². The Kier molecular flexibility index (Phi) is 5.76. The molecule has 5 heteroatoms. The molecule has 0 fully saturated rings. The average molecular weight is 195 g/mol. The lowest BCUT2D eigenvalue weighted by Gasteiger charge is -2.11. The van der Waals surface area contributed by atoms with E-state index in [1.165, 1.54) is 0 Å². The normalized spacial score (nSPS) is 18.7. The quantitative estimate of drug-likeness (QED) is 0.535. The molecule has 2 unspecified atom stereocenters. The molecule has 0 aromatic heterocycles. The second-order valence-electron chi connectivity index (χ2n) is 3.14. The van der Waals surface area contributed by atoms with Crippen molar-refractivity contribution >= 4 is 7.37 Å². The fraction of sp³-hybridized carbons (Fsp3) is 1.00. The van der Waals surface area contributed by atoms with Crippen molar-refractivity contribution < 1.29 is 14.6 Å². The molecule has 0 saturated heterocycles. The minimum Gasteiger partial charge on any atom is -0.396 e. The maximum absolute atomic E-state index is 11.3. The van der Waals surface area contributed by atoms with Gasteiger partial charge in [-0.3, -0.25) is 4.57 Å². The van der Waals surface area contributed by atoms with E-state index < -0.39 is 7.37 Å². The molecule has 2 atom stereocenters. The third-order valence-electron chi connectivity index (χ3n) is 1.60. The number of hydrogen-bond donors (Lipinski definition) is 3. The predicted molar refractivity (Wildman–Crippen MR) is 49.5 cm³/mol. The van der Waals surface area contributed by atoms with Crippen LogP contribution in [0.2, 0.25) is 0 Å². The minimum absolute atomic E-state index is 0.0251. The molecule has 4 nitrogen and oxygen atoms in total. The Morgan fingerprint density at radius 3 is 2.50 bits per heavy atom. The summed E-state index contributed by atoms with van der Waals surface area (Å²) in [6.07, 6.45) is 1.44. The maximum atomic E-state index is 11.3. The Labute approximate surface area is 73.2 Å². The molecule has 4 N–H and O–H groups in total. The van der Waals surface area contributed by atoms with Gasteiger partial charge in [-0.25, -0.2) is 0 Å². The summed E-state index contributed by atoms with van der Waals surface area (Å²) in [5.74, 6) is 0. The van der Waals surface area contributed by atoms with Crippen LogP contribution in [0.5, 0.6) is 0 Å². The highest BCUT2D eigenvalue weighted by molar-refractivity contribution is 7.57. The lowest BCUT2D eigenvalue weighted by molar-refractivity contribution is 0.293. The first kappa shape index (κ1) is 12.1. The number of nitrogens with two attached hydrogens (primary N) is 1. The van der Waals surface area contributed by atoms with Gasteiger partial charge in [0.25, 0.3) is 0 Å². The Balaban J connectivity index is 3.64. The standard InChI is InChI=1S/C7H18NO3P/c1-7(8)3-6-12(10,11)5-2-4-9/h7,9H,2-6,8H2,1H3,(H,10,11). The van der Waals surface area contributed by atoms with Crippen molar-refractivity contribution in [2.24, 2.45) is 5.73 Å².